The summed E-state index contributed by atoms with van der Waals surface area (Å²) in [5.41, 5.74) is -0.0429. The van der Waals surface area contributed by atoms with Crippen LogP contribution in [-0.4, -0.2) is 41.0 Å². The van der Waals surface area contributed by atoms with Gasteiger partial charge in [0.15, 0.2) is 11.6 Å². The van der Waals surface area contributed by atoms with Gasteiger partial charge in [-0.3, -0.25) is 4.98 Å². The second-order valence-electron chi connectivity index (χ2n) is 7.77. The summed E-state index contributed by atoms with van der Waals surface area (Å²) in [6.45, 7) is 0.331. The van der Waals surface area contributed by atoms with E-state index in [0.717, 1.165) is 19.0 Å². The predicted octanol–water partition coefficient (Wildman–Crippen LogP) is 3.80. The number of carboxylic acid groups (broad SMARTS) is 1. The maximum absolute atomic E-state index is 14.5. The van der Waals surface area contributed by atoms with Crippen molar-refractivity contribution < 1.29 is 28.2 Å². The maximum Gasteiger partial charge on any atom is 0.405 e. The Morgan fingerprint density at radius 3 is 2.64 bits per heavy atom. The number of pyridine rings is 1. The number of amides is 1. The number of methoxy groups -OCH3 is 1. The van der Waals surface area contributed by atoms with Crippen LogP contribution in [0.15, 0.2) is 18.3 Å². The lowest BCUT2D eigenvalue weighted by Crippen LogP contribution is -2.62. The van der Waals surface area contributed by atoms with Crippen molar-refractivity contribution >= 4 is 17.0 Å². The number of nitrogens with one attached hydrogen (secondary N) is 1. The minimum Gasteiger partial charge on any atom is -0.494 e. The molecular formula is C20H22F2N2O4. The van der Waals surface area contributed by atoms with Crippen molar-refractivity contribution in [2.45, 2.75) is 49.7 Å². The van der Waals surface area contributed by atoms with Gasteiger partial charge in [0.25, 0.3) is 0 Å². The molecule has 3 fully saturated rings. The molecule has 2 N–H and O–H groups in total. The largest absolute Gasteiger partial charge is 0.494 e. The molecule has 1 aliphatic carbocycles. The zero-order valence-electron chi connectivity index (χ0n) is 15.6. The Morgan fingerprint density at radius 1 is 1.29 bits per heavy atom. The molecule has 1 amide bonds. The predicted molar refractivity (Wildman–Crippen MR) is 97.6 cm³/mol. The molecule has 2 aromatic rings. The van der Waals surface area contributed by atoms with Crippen molar-refractivity contribution in [2.75, 3.05) is 13.7 Å². The van der Waals surface area contributed by atoms with Gasteiger partial charge >= 0.3 is 6.09 Å². The average Bonchev–Trinajstić information content (AvgIpc) is 2.68. The fourth-order valence-electron chi connectivity index (χ4n) is 4.46. The van der Waals surface area contributed by atoms with Gasteiger partial charge in [0.2, 0.25) is 0 Å². The lowest BCUT2D eigenvalue weighted by atomic mass is 9.69. The smallest absolute Gasteiger partial charge is 0.405 e. The molecule has 0 atom stereocenters. The summed E-state index contributed by atoms with van der Waals surface area (Å²) < 4.78 is 39.6. The van der Waals surface area contributed by atoms with Crippen LogP contribution in [0.3, 0.4) is 0 Å². The van der Waals surface area contributed by atoms with Crippen LogP contribution >= 0.6 is 0 Å². The molecule has 1 saturated carbocycles. The van der Waals surface area contributed by atoms with E-state index in [1.807, 2.05) is 0 Å². The van der Waals surface area contributed by atoms with Crippen molar-refractivity contribution in [1.82, 2.24) is 10.3 Å². The van der Waals surface area contributed by atoms with Crippen molar-refractivity contribution in [3.05, 3.63) is 35.5 Å². The molecule has 5 rings (SSSR count). The first-order valence-corrected chi connectivity index (χ1v) is 9.31. The third kappa shape index (κ3) is 3.26. The number of hydrogen-bond donors (Lipinski definition) is 2. The van der Waals surface area contributed by atoms with Crippen LogP contribution in [0.2, 0.25) is 0 Å². The number of fused-ring (bicyclic) bond motifs is 4. The normalized spacial score (nSPS) is 26.4. The summed E-state index contributed by atoms with van der Waals surface area (Å²) in [6.07, 6.45) is 3.95. The first-order valence-electron chi connectivity index (χ1n) is 9.31. The zero-order valence-corrected chi connectivity index (χ0v) is 15.6. The number of aromatic nitrogens is 1. The topological polar surface area (TPSA) is 80.7 Å². The van der Waals surface area contributed by atoms with Gasteiger partial charge in [-0.1, -0.05) is 0 Å². The summed E-state index contributed by atoms with van der Waals surface area (Å²) in [7, 11) is 1.37. The van der Waals surface area contributed by atoms with Gasteiger partial charge in [0, 0.05) is 11.5 Å². The second-order valence-corrected chi connectivity index (χ2v) is 7.77. The van der Waals surface area contributed by atoms with E-state index in [4.69, 9.17) is 14.6 Å². The number of aryl methyl sites for hydroxylation is 1. The van der Waals surface area contributed by atoms with Crippen LogP contribution in [0.25, 0.3) is 10.9 Å². The molecule has 28 heavy (non-hydrogen) atoms. The van der Waals surface area contributed by atoms with Gasteiger partial charge in [-0.05, 0) is 50.2 Å². The first kappa shape index (κ1) is 18.9. The highest BCUT2D eigenvalue weighted by atomic mass is 19.1. The third-order valence-electron chi connectivity index (χ3n) is 6.18. The Balaban J connectivity index is 1.55. The highest BCUT2D eigenvalue weighted by molar-refractivity contribution is 5.84. The molecule has 3 aliphatic rings. The number of ether oxygens (including phenoxy) is 2. The number of benzene rings is 1. The van der Waals surface area contributed by atoms with Crippen LogP contribution < -0.4 is 10.1 Å². The van der Waals surface area contributed by atoms with Crippen molar-refractivity contribution in [3.8, 4) is 5.75 Å². The van der Waals surface area contributed by atoms with Crippen LogP contribution in [0.5, 0.6) is 5.75 Å². The second kappa shape index (κ2) is 6.84. The fourth-order valence-corrected chi connectivity index (χ4v) is 4.46. The van der Waals surface area contributed by atoms with Gasteiger partial charge in [-0.2, -0.15) is 0 Å². The number of carbonyl (C=O) groups is 1. The first-order chi connectivity index (χ1) is 13.4. The van der Waals surface area contributed by atoms with E-state index >= 15 is 0 Å². The SMILES string of the molecule is COc1cc2c(CCC34CCC(NC(=O)O)(CC3)CO4)c(F)cnc2cc1F. The maximum atomic E-state index is 14.5. The van der Waals surface area contributed by atoms with E-state index in [0.29, 0.717) is 48.8 Å². The number of hydrogen-bond acceptors (Lipinski definition) is 4. The van der Waals surface area contributed by atoms with E-state index in [2.05, 4.69) is 10.3 Å². The molecule has 0 radical (unpaired) electrons. The van der Waals surface area contributed by atoms with Gasteiger partial charge in [-0.25, -0.2) is 13.6 Å². The van der Waals surface area contributed by atoms with Crippen LogP contribution in [-0.2, 0) is 11.2 Å². The molecular weight excluding hydrogens is 370 g/mol. The fraction of sp³-hybridized carbons (Fsp3) is 0.500. The molecule has 3 heterocycles. The molecule has 0 spiro atoms. The van der Waals surface area contributed by atoms with Crippen LogP contribution in [0.1, 0.15) is 37.7 Å². The average molecular weight is 392 g/mol. The monoisotopic (exact) mass is 392 g/mol. The van der Waals surface area contributed by atoms with E-state index in [9.17, 15) is 13.6 Å². The van der Waals surface area contributed by atoms with Gasteiger partial charge in [0.05, 0.1) is 36.6 Å². The molecule has 6 nitrogen and oxygen atoms in total. The Kier molecular flexibility index (Phi) is 4.61. The van der Waals surface area contributed by atoms with Gasteiger partial charge in [0.1, 0.15) is 5.82 Å². The molecule has 1 aromatic carbocycles. The summed E-state index contributed by atoms with van der Waals surface area (Å²) in [6, 6.07) is 2.73. The molecule has 2 saturated heterocycles. The van der Waals surface area contributed by atoms with Crippen molar-refractivity contribution in [1.29, 1.82) is 0 Å². The number of nitrogens with zero attached hydrogens (tertiary/aromatic N) is 1. The quantitative estimate of drug-likeness (QED) is 0.809. The number of halogens is 2. The van der Waals surface area contributed by atoms with E-state index < -0.39 is 23.3 Å². The molecule has 0 unspecified atom stereocenters. The minimum absolute atomic E-state index is 0.0513. The van der Waals surface area contributed by atoms with Crippen LogP contribution in [0.4, 0.5) is 13.6 Å². The molecule has 8 heteroatoms. The molecule has 150 valence electrons. The standard InChI is InChI=1S/C20H22F2N2O4/c1-27-17-8-13-12(15(22)10-23-16(13)9-14(17)21)2-3-20-6-4-19(5-7-20,11-28-20)24-18(25)26/h8-10,24H,2-7,11H2,1H3,(H,25,26). The number of rotatable bonds is 5. The van der Waals surface area contributed by atoms with E-state index in [-0.39, 0.29) is 11.4 Å². The lowest BCUT2D eigenvalue weighted by molar-refractivity contribution is -0.162. The summed E-state index contributed by atoms with van der Waals surface area (Å²) in [4.78, 5) is 15.0. The minimum atomic E-state index is -1.04. The molecule has 2 bridgehead atoms. The van der Waals surface area contributed by atoms with Crippen molar-refractivity contribution in [2.24, 2.45) is 0 Å². The Labute approximate surface area is 160 Å². The summed E-state index contributed by atoms with van der Waals surface area (Å²) in [5.74, 6) is -0.926. The zero-order chi connectivity index (χ0) is 19.9. The Hall–Kier alpha value is -2.48. The highest BCUT2D eigenvalue weighted by Gasteiger charge is 2.50. The highest BCUT2D eigenvalue weighted by Crippen LogP contribution is 2.46. The van der Waals surface area contributed by atoms with Gasteiger partial charge in [-0.15, -0.1) is 0 Å². The van der Waals surface area contributed by atoms with Gasteiger partial charge < -0.3 is 19.9 Å². The Morgan fingerprint density at radius 2 is 2.04 bits per heavy atom. The van der Waals surface area contributed by atoms with Crippen LogP contribution in [0, 0.1) is 11.6 Å². The van der Waals surface area contributed by atoms with E-state index in [1.165, 1.54) is 19.2 Å². The Bertz CT molecular complexity index is 910. The molecule has 2 aliphatic heterocycles. The van der Waals surface area contributed by atoms with E-state index in [1.54, 1.807) is 0 Å². The van der Waals surface area contributed by atoms with Crippen molar-refractivity contribution in [3.63, 3.8) is 0 Å². The lowest BCUT2D eigenvalue weighted by Gasteiger charge is -2.53. The third-order valence-corrected chi connectivity index (χ3v) is 6.18. The summed E-state index contributed by atoms with van der Waals surface area (Å²) >= 11 is 0. The molecule has 1 aromatic heterocycles. The summed E-state index contributed by atoms with van der Waals surface area (Å²) in [5, 5.41) is 12.2.